The number of rotatable bonds is 5. The van der Waals surface area contributed by atoms with E-state index >= 15 is 0 Å². The van der Waals surface area contributed by atoms with E-state index in [0.717, 1.165) is 17.2 Å². The molecule has 3 aromatic rings. The summed E-state index contributed by atoms with van der Waals surface area (Å²) in [7, 11) is -4.07. The first kappa shape index (κ1) is 23.0. The zero-order valence-electron chi connectivity index (χ0n) is 15.9. The van der Waals surface area contributed by atoms with Crippen molar-refractivity contribution in [1.82, 2.24) is 10.2 Å². The molecule has 2 aromatic carbocycles. The summed E-state index contributed by atoms with van der Waals surface area (Å²) in [5, 5.41) is 6.63. The lowest BCUT2D eigenvalue weighted by Crippen LogP contribution is -2.16. The lowest BCUT2D eigenvalue weighted by molar-refractivity contribution is -0.138. The molecule has 31 heavy (non-hydrogen) atoms. The fraction of sp³-hybridized carbons (Fsp3) is 0.167. The fourth-order valence-electron chi connectivity index (χ4n) is 2.42. The van der Waals surface area contributed by atoms with Crippen LogP contribution in [0.15, 0.2) is 41.3 Å². The van der Waals surface area contributed by atoms with E-state index in [-0.39, 0.29) is 26.8 Å². The highest BCUT2D eigenvalue weighted by Gasteiger charge is 2.36. The first-order valence-electron chi connectivity index (χ1n) is 8.48. The van der Waals surface area contributed by atoms with Crippen molar-refractivity contribution in [1.29, 1.82) is 0 Å². The zero-order chi connectivity index (χ0) is 23.0. The summed E-state index contributed by atoms with van der Waals surface area (Å²) in [5.74, 6) is -0.932. The summed E-state index contributed by atoms with van der Waals surface area (Å²) in [6, 6.07) is 8.43. The van der Waals surface area contributed by atoms with Crippen LogP contribution in [0.2, 0.25) is 5.02 Å². The normalized spacial score (nSPS) is 11.9. The lowest BCUT2D eigenvalue weighted by Gasteiger charge is -2.11. The highest BCUT2D eigenvalue weighted by Crippen LogP contribution is 2.33. The Labute approximate surface area is 184 Å². The summed E-state index contributed by atoms with van der Waals surface area (Å²) in [6.45, 7) is 3.71. The summed E-state index contributed by atoms with van der Waals surface area (Å²) in [6.07, 6.45) is -4.70. The van der Waals surface area contributed by atoms with Crippen LogP contribution >= 0.6 is 22.9 Å². The Kier molecular flexibility index (Phi) is 6.25. The van der Waals surface area contributed by atoms with Crippen molar-refractivity contribution < 1.29 is 26.4 Å². The Morgan fingerprint density at radius 3 is 2.39 bits per heavy atom. The third kappa shape index (κ3) is 5.32. The largest absolute Gasteiger partial charge is 0.445 e. The number of carbonyl (C=O) groups excluding carboxylic acids is 1. The van der Waals surface area contributed by atoms with Crippen LogP contribution in [0.1, 0.15) is 26.5 Å². The Bertz CT molecular complexity index is 1260. The van der Waals surface area contributed by atoms with E-state index in [1.807, 2.05) is 13.8 Å². The second-order valence-corrected chi connectivity index (χ2v) is 9.48. The Hall–Kier alpha value is -2.70. The van der Waals surface area contributed by atoms with Gasteiger partial charge in [0.15, 0.2) is 0 Å². The van der Waals surface area contributed by atoms with Gasteiger partial charge in [-0.2, -0.15) is 13.2 Å². The number of sulfonamides is 1. The molecule has 13 heteroatoms. The SMILES string of the molecule is Cc1ccc(NS(=O)(=O)c2ccc(Cl)c(C(=O)Nc3nnc(C(F)(F)F)s3)c2)cc1C. The molecule has 0 radical (unpaired) electrons. The van der Waals surface area contributed by atoms with Crippen molar-refractivity contribution in [2.75, 3.05) is 10.0 Å². The molecule has 0 aliphatic carbocycles. The average Bonchev–Trinajstić information content (AvgIpc) is 3.13. The van der Waals surface area contributed by atoms with Crippen molar-refractivity contribution in [2.24, 2.45) is 0 Å². The van der Waals surface area contributed by atoms with Crippen LogP contribution in [0.3, 0.4) is 0 Å². The van der Waals surface area contributed by atoms with Gasteiger partial charge in [-0.15, -0.1) is 10.2 Å². The quantitative estimate of drug-likeness (QED) is 0.531. The van der Waals surface area contributed by atoms with Crippen molar-refractivity contribution >= 4 is 49.7 Å². The molecule has 164 valence electrons. The molecule has 1 heterocycles. The highest BCUT2D eigenvalue weighted by atomic mass is 35.5. The van der Waals surface area contributed by atoms with Crippen LogP contribution in [0.5, 0.6) is 0 Å². The third-order valence-corrected chi connectivity index (χ3v) is 6.73. The number of carbonyl (C=O) groups is 1. The predicted molar refractivity (Wildman–Crippen MR) is 111 cm³/mol. The Balaban J connectivity index is 1.85. The number of hydrogen-bond acceptors (Lipinski definition) is 6. The van der Waals surface area contributed by atoms with Gasteiger partial charge in [0.1, 0.15) is 0 Å². The molecular weight excluding hydrogens is 477 g/mol. The summed E-state index contributed by atoms with van der Waals surface area (Å²) in [5.41, 5.74) is 1.94. The second-order valence-electron chi connectivity index (χ2n) is 6.41. The van der Waals surface area contributed by atoms with Crippen LogP contribution in [-0.2, 0) is 16.2 Å². The van der Waals surface area contributed by atoms with E-state index in [9.17, 15) is 26.4 Å². The highest BCUT2D eigenvalue weighted by molar-refractivity contribution is 7.92. The molecular formula is C18H14ClF3N4O3S2. The van der Waals surface area contributed by atoms with E-state index in [0.29, 0.717) is 5.69 Å². The number of aryl methyl sites for hydroxylation is 2. The van der Waals surface area contributed by atoms with Gasteiger partial charge in [0.05, 0.1) is 15.5 Å². The number of anilines is 2. The summed E-state index contributed by atoms with van der Waals surface area (Å²) < 4.78 is 65.8. The Morgan fingerprint density at radius 2 is 1.77 bits per heavy atom. The third-order valence-electron chi connectivity index (χ3n) is 4.14. The topological polar surface area (TPSA) is 101 Å². The molecule has 7 nitrogen and oxygen atoms in total. The van der Waals surface area contributed by atoms with E-state index in [1.54, 1.807) is 18.2 Å². The van der Waals surface area contributed by atoms with E-state index in [2.05, 4.69) is 20.2 Å². The molecule has 0 aliphatic heterocycles. The molecule has 0 saturated carbocycles. The van der Waals surface area contributed by atoms with Crippen molar-refractivity contribution in [3.63, 3.8) is 0 Å². The van der Waals surface area contributed by atoms with Crippen molar-refractivity contribution in [3.05, 3.63) is 63.1 Å². The standard InChI is InChI=1S/C18H14ClF3N4O3S2/c1-9-3-4-11(7-10(9)2)26-31(28,29)12-5-6-14(19)13(8-12)15(27)23-17-25-24-16(30-17)18(20,21)22/h3-8,26H,1-2H3,(H,23,25,27). The van der Waals surface area contributed by atoms with Gasteiger partial charge < -0.3 is 0 Å². The molecule has 0 spiro atoms. The molecule has 0 aliphatic rings. The van der Waals surface area contributed by atoms with Crippen LogP contribution in [0.25, 0.3) is 0 Å². The number of hydrogen-bond donors (Lipinski definition) is 2. The van der Waals surface area contributed by atoms with Gasteiger partial charge in [0.25, 0.3) is 15.9 Å². The second kappa shape index (κ2) is 8.44. The monoisotopic (exact) mass is 490 g/mol. The molecule has 3 rings (SSSR count). The van der Waals surface area contributed by atoms with Crippen LogP contribution in [0.4, 0.5) is 24.0 Å². The zero-order valence-corrected chi connectivity index (χ0v) is 18.3. The van der Waals surface area contributed by atoms with Gasteiger partial charge in [-0.1, -0.05) is 29.0 Å². The van der Waals surface area contributed by atoms with Gasteiger partial charge >= 0.3 is 6.18 Å². The number of alkyl halides is 3. The molecule has 2 N–H and O–H groups in total. The maximum Gasteiger partial charge on any atom is 0.445 e. The van der Waals surface area contributed by atoms with Crippen molar-refractivity contribution in [2.45, 2.75) is 24.9 Å². The average molecular weight is 491 g/mol. The number of aromatic nitrogens is 2. The molecule has 0 unspecified atom stereocenters. The van der Waals surface area contributed by atoms with E-state index in [4.69, 9.17) is 11.6 Å². The molecule has 0 atom stereocenters. The Morgan fingerprint density at radius 1 is 1.06 bits per heavy atom. The first-order chi connectivity index (χ1) is 14.4. The fourth-order valence-corrected chi connectivity index (χ4v) is 4.30. The molecule has 0 bridgehead atoms. The lowest BCUT2D eigenvalue weighted by atomic mass is 10.1. The van der Waals surface area contributed by atoms with Gasteiger partial charge in [-0.3, -0.25) is 14.8 Å². The number of nitrogens with one attached hydrogen (secondary N) is 2. The summed E-state index contributed by atoms with van der Waals surface area (Å²) >= 11 is 6.12. The molecule has 0 fully saturated rings. The van der Waals surface area contributed by atoms with Gasteiger partial charge in [-0.05, 0) is 55.3 Å². The smallest absolute Gasteiger partial charge is 0.296 e. The predicted octanol–water partition coefficient (Wildman–Crippen LogP) is 4.88. The minimum Gasteiger partial charge on any atom is -0.296 e. The number of halogens is 4. The van der Waals surface area contributed by atoms with Crippen molar-refractivity contribution in [3.8, 4) is 0 Å². The van der Waals surface area contributed by atoms with Gasteiger partial charge in [0.2, 0.25) is 10.1 Å². The number of amides is 1. The molecule has 0 saturated heterocycles. The van der Waals surface area contributed by atoms with E-state index < -0.39 is 32.2 Å². The van der Waals surface area contributed by atoms with E-state index in [1.165, 1.54) is 12.1 Å². The molecule has 1 amide bonds. The van der Waals surface area contributed by atoms with Crippen LogP contribution in [-0.4, -0.2) is 24.5 Å². The minimum absolute atomic E-state index is 0.0943. The summed E-state index contributed by atoms with van der Waals surface area (Å²) in [4.78, 5) is 12.2. The molecule has 1 aromatic heterocycles. The minimum atomic E-state index is -4.70. The maximum atomic E-state index is 12.7. The van der Waals surface area contributed by atoms with Crippen LogP contribution < -0.4 is 10.0 Å². The van der Waals surface area contributed by atoms with Crippen LogP contribution in [0, 0.1) is 13.8 Å². The number of nitrogens with zero attached hydrogens (tertiary/aromatic N) is 2. The van der Waals surface area contributed by atoms with Gasteiger partial charge in [0, 0.05) is 5.69 Å². The van der Waals surface area contributed by atoms with Gasteiger partial charge in [-0.25, -0.2) is 8.42 Å². The first-order valence-corrected chi connectivity index (χ1v) is 11.2. The maximum absolute atomic E-state index is 12.7. The number of benzene rings is 2.